The molecular weight excluding hydrogens is 526 g/mol. The molecule has 4 N–H and O–H groups in total. The van der Waals surface area contributed by atoms with Crippen LogP contribution in [0.2, 0.25) is 0 Å². The summed E-state index contributed by atoms with van der Waals surface area (Å²) in [5.41, 5.74) is 4.39. The SMILES string of the molecule is O=C(CN1C(=O)C(NC(=O)c2cc3ccccc3[nH]2)C(c2ccccc2)Nc2ccccc21)NCCc1ccccc1. The first-order chi connectivity index (χ1) is 20.6. The van der Waals surface area contributed by atoms with Crippen LogP contribution in [0.4, 0.5) is 11.4 Å². The number of anilines is 2. The number of nitrogens with zero attached hydrogens (tertiary/aromatic N) is 1. The van der Waals surface area contributed by atoms with Gasteiger partial charge in [0.15, 0.2) is 0 Å². The summed E-state index contributed by atoms with van der Waals surface area (Å²) in [7, 11) is 0. The molecule has 1 aromatic heterocycles. The molecule has 1 aliphatic heterocycles. The lowest BCUT2D eigenvalue weighted by atomic mass is 9.98. The second-order valence-electron chi connectivity index (χ2n) is 10.3. The van der Waals surface area contributed by atoms with Crippen LogP contribution in [0.15, 0.2) is 115 Å². The van der Waals surface area contributed by atoms with E-state index in [1.807, 2.05) is 103 Å². The predicted octanol–water partition coefficient (Wildman–Crippen LogP) is 4.83. The van der Waals surface area contributed by atoms with Gasteiger partial charge in [-0.15, -0.1) is 0 Å². The third-order valence-corrected chi connectivity index (χ3v) is 7.47. The molecule has 0 saturated heterocycles. The Bertz CT molecular complexity index is 1680. The molecule has 210 valence electrons. The number of nitrogens with one attached hydrogen (secondary N) is 4. The van der Waals surface area contributed by atoms with E-state index in [1.165, 1.54) is 4.90 Å². The highest BCUT2D eigenvalue weighted by molar-refractivity contribution is 6.08. The number of para-hydroxylation sites is 3. The van der Waals surface area contributed by atoms with Gasteiger partial charge in [0.25, 0.3) is 11.8 Å². The third-order valence-electron chi connectivity index (χ3n) is 7.47. The van der Waals surface area contributed by atoms with Crippen LogP contribution in [-0.4, -0.2) is 41.8 Å². The summed E-state index contributed by atoms with van der Waals surface area (Å²) >= 11 is 0. The topological polar surface area (TPSA) is 106 Å². The molecule has 4 aromatic carbocycles. The van der Waals surface area contributed by atoms with Gasteiger partial charge in [0.05, 0.1) is 17.4 Å². The van der Waals surface area contributed by atoms with Crippen LogP contribution in [-0.2, 0) is 16.0 Å². The van der Waals surface area contributed by atoms with E-state index in [1.54, 1.807) is 12.1 Å². The number of amides is 3. The Labute approximate surface area is 243 Å². The number of fused-ring (bicyclic) bond motifs is 2. The Hall–Kier alpha value is -5.37. The van der Waals surface area contributed by atoms with Crippen molar-refractivity contribution >= 4 is 40.0 Å². The van der Waals surface area contributed by atoms with Crippen molar-refractivity contribution in [2.75, 3.05) is 23.3 Å². The molecule has 2 unspecified atom stereocenters. The van der Waals surface area contributed by atoms with Crippen molar-refractivity contribution in [2.24, 2.45) is 0 Å². The Kier molecular flexibility index (Phi) is 7.68. The summed E-state index contributed by atoms with van der Waals surface area (Å²) in [6, 6.07) is 34.6. The lowest BCUT2D eigenvalue weighted by Crippen LogP contribution is -2.53. The van der Waals surface area contributed by atoms with Gasteiger partial charge in [0.2, 0.25) is 5.91 Å². The minimum atomic E-state index is -1.00. The average molecular weight is 558 g/mol. The van der Waals surface area contributed by atoms with Crippen LogP contribution in [0.3, 0.4) is 0 Å². The third kappa shape index (κ3) is 5.74. The summed E-state index contributed by atoms with van der Waals surface area (Å²) in [6.45, 7) is 0.255. The highest BCUT2D eigenvalue weighted by atomic mass is 16.2. The molecule has 0 bridgehead atoms. The maximum absolute atomic E-state index is 14.3. The largest absolute Gasteiger partial charge is 0.374 e. The van der Waals surface area contributed by atoms with E-state index >= 15 is 0 Å². The van der Waals surface area contributed by atoms with Gasteiger partial charge >= 0.3 is 0 Å². The Morgan fingerprint density at radius 3 is 2.29 bits per heavy atom. The zero-order valence-electron chi connectivity index (χ0n) is 22.9. The van der Waals surface area contributed by atoms with Crippen molar-refractivity contribution in [3.63, 3.8) is 0 Å². The molecule has 2 heterocycles. The minimum Gasteiger partial charge on any atom is -0.374 e. The zero-order valence-corrected chi connectivity index (χ0v) is 22.9. The lowest BCUT2D eigenvalue weighted by Gasteiger charge is -2.28. The first-order valence-electron chi connectivity index (χ1n) is 14.0. The number of benzene rings is 4. The smallest absolute Gasteiger partial charge is 0.268 e. The number of carbonyl (C=O) groups excluding carboxylic acids is 3. The van der Waals surface area contributed by atoms with E-state index in [4.69, 9.17) is 0 Å². The Morgan fingerprint density at radius 1 is 0.810 bits per heavy atom. The van der Waals surface area contributed by atoms with Crippen LogP contribution in [0, 0.1) is 0 Å². The van der Waals surface area contributed by atoms with Crippen molar-refractivity contribution in [3.8, 4) is 0 Å². The van der Waals surface area contributed by atoms with Gasteiger partial charge < -0.3 is 20.9 Å². The van der Waals surface area contributed by atoms with Gasteiger partial charge in [-0.3, -0.25) is 19.3 Å². The molecular formula is C34H31N5O3. The van der Waals surface area contributed by atoms with Gasteiger partial charge in [-0.1, -0.05) is 91.0 Å². The molecule has 42 heavy (non-hydrogen) atoms. The molecule has 0 saturated carbocycles. The molecule has 0 aliphatic carbocycles. The Morgan fingerprint density at radius 2 is 1.50 bits per heavy atom. The van der Waals surface area contributed by atoms with Crippen LogP contribution in [0.25, 0.3) is 10.9 Å². The van der Waals surface area contributed by atoms with Gasteiger partial charge in [0, 0.05) is 17.4 Å². The van der Waals surface area contributed by atoms with E-state index in [-0.39, 0.29) is 18.4 Å². The highest BCUT2D eigenvalue weighted by Gasteiger charge is 2.39. The Balaban J connectivity index is 1.29. The fourth-order valence-corrected chi connectivity index (χ4v) is 5.36. The summed E-state index contributed by atoms with van der Waals surface area (Å²) in [6.07, 6.45) is 0.679. The monoisotopic (exact) mass is 557 g/mol. The molecule has 0 fully saturated rings. The average Bonchev–Trinajstić information content (AvgIpc) is 3.43. The van der Waals surface area contributed by atoms with E-state index in [2.05, 4.69) is 20.9 Å². The number of H-pyrrole nitrogens is 1. The molecule has 8 heteroatoms. The fourth-order valence-electron chi connectivity index (χ4n) is 5.36. The van der Waals surface area contributed by atoms with Gasteiger partial charge in [-0.2, -0.15) is 0 Å². The van der Waals surface area contributed by atoms with Crippen molar-refractivity contribution in [1.29, 1.82) is 0 Å². The first kappa shape index (κ1) is 26.8. The first-order valence-corrected chi connectivity index (χ1v) is 14.0. The standard InChI is InChI=1S/C34H31N5O3/c40-30(35-20-19-23-11-3-1-4-12-23)22-39-29-18-10-9-17-27(29)37-31(24-13-5-2-6-14-24)32(34(39)42)38-33(41)28-21-25-15-7-8-16-26(25)36-28/h1-18,21,31-32,36-37H,19-20,22H2,(H,35,40)(H,38,41). The zero-order chi connectivity index (χ0) is 28.9. The number of hydrogen-bond acceptors (Lipinski definition) is 4. The van der Waals surface area contributed by atoms with Crippen LogP contribution < -0.4 is 20.9 Å². The quantitative estimate of drug-likeness (QED) is 0.219. The summed E-state index contributed by atoms with van der Waals surface area (Å²) in [5, 5.41) is 10.3. The van der Waals surface area contributed by atoms with Gasteiger partial charge in [-0.25, -0.2) is 0 Å². The summed E-state index contributed by atoms with van der Waals surface area (Å²) in [5.74, 6) is -1.08. The van der Waals surface area contributed by atoms with Crippen molar-refractivity contribution in [1.82, 2.24) is 15.6 Å². The predicted molar refractivity (Wildman–Crippen MR) is 164 cm³/mol. The summed E-state index contributed by atoms with van der Waals surface area (Å²) < 4.78 is 0. The minimum absolute atomic E-state index is 0.188. The van der Waals surface area contributed by atoms with E-state index in [0.29, 0.717) is 30.0 Å². The second-order valence-corrected chi connectivity index (χ2v) is 10.3. The number of aromatic nitrogens is 1. The number of carbonyl (C=O) groups is 3. The molecule has 0 spiro atoms. The maximum Gasteiger partial charge on any atom is 0.268 e. The number of hydrogen-bond donors (Lipinski definition) is 4. The van der Waals surface area contributed by atoms with Crippen LogP contribution in [0.1, 0.15) is 27.7 Å². The number of aromatic amines is 1. The summed E-state index contributed by atoms with van der Waals surface area (Å²) in [4.78, 5) is 45.7. The van der Waals surface area contributed by atoms with Crippen LogP contribution >= 0.6 is 0 Å². The van der Waals surface area contributed by atoms with Crippen molar-refractivity contribution in [3.05, 3.63) is 132 Å². The molecule has 2 atom stereocenters. The molecule has 6 rings (SSSR count). The maximum atomic E-state index is 14.3. The highest BCUT2D eigenvalue weighted by Crippen LogP contribution is 2.35. The number of rotatable bonds is 8. The molecule has 3 amide bonds. The molecule has 0 radical (unpaired) electrons. The van der Waals surface area contributed by atoms with Crippen molar-refractivity contribution in [2.45, 2.75) is 18.5 Å². The van der Waals surface area contributed by atoms with Gasteiger partial charge in [0.1, 0.15) is 18.3 Å². The normalized spacial score (nSPS) is 16.3. The molecule has 5 aromatic rings. The van der Waals surface area contributed by atoms with Crippen molar-refractivity contribution < 1.29 is 14.4 Å². The fraction of sp³-hybridized carbons (Fsp3) is 0.147. The molecule has 1 aliphatic rings. The van der Waals surface area contributed by atoms with E-state index in [9.17, 15) is 14.4 Å². The lowest BCUT2D eigenvalue weighted by molar-refractivity contribution is -0.124. The second kappa shape index (κ2) is 12.0. The van der Waals surface area contributed by atoms with Gasteiger partial charge in [-0.05, 0) is 41.8 Å². The van der Waals surface area contributed by atoms with E-state index < -0.39 is 18.0 Å². The van der Waals surface area contributed by atoms with E-state index in [0.717, 1.165) is 22.0 Å². The van der Waals surface area contributed by atoms with Crippen LogP contribution in [0.5, 0.6) is 0 Å². The molecule has 8 nitrogen and oxygen atoms in total.